The molecule has 0 saturated heterocycles. The number of ether oxygens (including phenoxy) is 1. The average Bonchev–Trinajstić information content (AvgIpc) is 3.18. The number of carbonyl (C=O) groups excluding carboxylic acids is 1. The monoisotopic (exact) mass is 460 g/mol. The van der Waals surface area contributed by atoms with Gasteiger partial charge in [0, 0.05) is 11.9 Å². The first-order valence-corrected chi connectivity index (χ1v) is 15.3. The molecule has 1 N–H and O–H groups in total. The fraction of sp³-hybridized carbons (Fsp3) is 0.750. The molecule has 1 heterocycles. The van der Waals surface area contributed by atoms with Crippen LogP contribution in [0.2, 0.25) is 18.1 Å². The molecule has 1 unspecified atom stereocenters. The number of nitrogens with one attached hydrogen (secondary N) is 1. The van der Waals surface area contributed by atoms with Gasteiger partial charge in [0.25, 0.3) is 0 Å². The number of thiophene rings is 1. The molecule has 0 radical (unpaired) electrons. The van der Waals surface area contributed by atoms with E-state index in [1.807, 2.05) is 39.9 Å². The molecule has 1 atom stereocenters. The van der Waals surface area contributed by atoms with E-state index in [4.69, 9.17) is 4.74 Å². The lowest BCUT2D eigenvalue weighted by Crippen LogP contribution is -2.54. The summed E-state index contributed by atoms with van der Waals surface area (Å²) in [4.78, 5) is 15.1. The van der Waals surface area contributed by atoms with Crippen molar-refractivity contribution in [3.8, 4) is 0 Å². The van der Waals surface area contributed by atoms with Crippen molar-refractivity contribution in [2.24, 2.45) is 5.92 Å². The third-order valence-electron chi connectivity index (χ3n) is 5.59. The summed E-state index contributed by atoms with van der Waals surface area (Å²) in [6.45, 7) is 15.8. The lowest BCUT2D eigenvalue weighted by atomic mass is 10.1. The molecule has 0 spiro atoms. The molecular weight excluding hydrogens is 424 g/mol. The van der Waals surface area contributed by atoms with Crippen LogP contribution in [-0.2, 0) is 14.8 Å². The van der Waals surface area contributed by atoms with Gasteiger partial charge < -0.3 is 9.64 Å². The van der Waals surface area contributed by atoms with Gasteiger partial charge >= 0.3 is 6.09 Å². The Balaban J connectivity index is 2.27. The second kappa shape index (κ2) is 7.98. The van der Waals surface area contributed by atoms with Gasteiger partial charge in [-0.2, -0.15) is 0 Å². The zero-order chi connectivity index (χ0) is 22.4. The summed E-state index contributed by atoms with van der Waals surface area (Å²) >= 11 is 1.25. The number of sulfonamides is 1. The van der Waals surface area contributed by atoms with Gasteiger partial charge in [-0.05, 0) is 56.7 Å². The van der Waals surface area contributed by atoms with E-state index in [9.17, 15) is 13.2 Å². The third-order valence-corrected chi connectivity index (χ3v) is 15.0. The van der Waals surface area contributed by atoms with Crippen molar-refractivity contribution in [1.82, 2.24) is 9.29 Å². The van der Waals surface area contributed by atoms with Crippen LogP contribution >= 0.6 is 11.3 Å². The van der Waals surface area contributed by atoms with Crippen LogP contribution < -0.4 is 4.39 Å². The highest BCUT2D eigenvalue weighted by Gasteiger charge is 2.42. The van der Waals surface area contributed by atoms with E-state index in [0.29, 0.717) is 10.1 Å². The Hall–Kier alpha value is -0.903. The van der Waals surface area contributed by atoms with Crippen molar-refractivity contribution < 1.29 is 17.9 Å². The van der Waals surface area contributed by atoms with E-state index in [2.05, 4.69) is 25.2 Å². The standard InChI is InChI=1S/C20H36N2O4S2Si/c1-19(2,3)26-18(23)22(7)17(14-10-11-14)15-12-13-16(27-15)28(24,25)21-29(8,9)20(4,5)6/h12-14,17,21H,10-11H2,1-9H3. The molecular formula is C20H36N2O4S2Si. The van der Waals surface area contributed by atoms with Gasteiger partial charge in [0.15, 0.2) is 0 Å². The first-order valence-electron chi connectivity index (χ1n) is 10.0. The molecule has 166 valence electrons. The normalized spacial score (nSPS) is 17.1. The molecule has 0 bridgehead atoms. The van der Waals surface area contributed by atoms with Crippen LogP contribution in [0.4, 0.5) is 4.79 Å². The van der Waals surface area contributed by atoms with Gasteiger partial charge in [0.2, 0.25) is 10.0 Å². The predicted octanol–water partition coefficient (Wildman–Crippen LogP) is 5.35. The quantitative estimate of drug-likeness (QED) is 0.581. The van der Waals surface area contributed by atoms with Crippen molar-refractivity contribution in [3.63, 3.8) is 0 Å². The first-order chi connectivity index (χ1) is 12.9. The number of hydrogen-bond donors (Lipinski definition) is 1. The second-order valence-corrected chi connectivity index (χ2v) is 18.9. The van der Waals surface area contributed by atoms with Gasteiger partial charge in [-0.15, -0.1) is 11.3 Å². The molecule has 0 aromatic carbocycles. The Bertz CT molecular complexity index is 847. The smallest absolute Gasteiger partial charge is 0.410 e. The van der Waals surface area contributed by atoms with E-state index < -0.39 is 23.9 Å². The Labute approximate surface area is 181 Å². The number of nitrogens with zero attached hydrogens (tertiary/aromatic N) is 1. The van der Waals surface area contributed by atoms with Gasteiger partial charge in [-0.1, -0.05) is 33.9 Å². The summed E-state index contributed by atoms with van der Waals surface area (Å²) in [7, 11) is -4.10. The maximum Gasteiger partial charge on any atom is 0.410 e. The maximum atomic E-state index is 13.0. The van der Waals surface area contributed by atoms with Crippen molar-refractivity contribution in [1.29, 1.82) is 0 Å². The van der Waals surface area contributed by atoms with Crippen molar-refractivity contribution >= 4 is 35.7 Å². The van der Waals surface area contributed by atoms with Gasteiger partial charge in [0.1, 0.15) is 18.0 Å². The fourth-order valence-corrected chi connectivity index (χ4v) is 9.42. The highest BCUT2D eigenvalue weighted by molar-refractivity contribution is 7.93. The number of hydrogen-bond acceptors (Lipinski definition) is 5. The summed E-state index contributed by atoms with van der Waals surface area (Å²) < 4.78 is 34.9. The Morgan fingerprint density at radius 1 is 1.21 bits per heavy atom. The largest absolute Gasteiger partial charge is 0.444 e. The molecule has 2 rings (SSSR count). The highest BCUT2D eigenvalue weighted by Crippen LogP contribution is 2.47. The molecule has 1 fully saturated rings. The van der Waals surface area contributed by atoms with Crippen molar-refractivity contribution in [2.45, 2.75) is 88.4 Å². The van der Waals surface area contributed by atoms with Crippen LogP contribution in [0.5, 0.6) is 0 Å². The second-order valence-electron chi connectivity index (χ2n) is 10.5. The van der Waals surface area contributed by atoms with Crippen LogP contribution in [0.3, 0.4) is 0 Å². The highest BCUT2D eigenvalue weighted by atomic mass is 32.2. The molecule has 1 aliphatic carbocycles. The maximum absolute atomic E-state index is 13.0. The van der Waals surface area contributed by atoms with Crippen molar-refractivity contribution in [2.75, 3.05) is 7.05 Å². The molecule has 1 aliphatic rings. The van der Waals surface area contributed by atoms with E-state index in [0.717, 1.165) is 17.7 Å². The summed E-state index contributed by atoms with van der Waals surface area (Å²) in [6.07, 6.45) is 1.67. The van der Waals surface area contributed by atoms with Crippen LogP contribution in [0.15, 0.2) is 16.3 Å². The van der Waals surface area contributed by atoms with Crippen molar-refractivity contribution in [3.05, 3.63) is 17.0 Å². The lowest BCUT2D eigenvalue weighted by molar-refractivity contribution is 0.0202. The minimum atomic E-state index is -3.60. The molecule has 1 aromatic heterocycles. The molecule has 6 nitrogen and oxygen atoms in total. The predicted molar refractivity (Wildman–Crippen MR) is 121 cm³/mol. The molecule has 1 saturated carbocycles. The fourth-order valence-electron chi connectivity index (χ4n) is 2.78. The Kier molecular flexibility index (Phi) is 6.70. The molecule has 29 heavy (non-hydrogen) atoms. The number of amides is 1. The Morgan fingerprint density at radius 3 is 2.21 bits per heavy atom. The zero-order valence-corrected chi connectivity index (χ0v) is 21.8. The lowest BCUT2D eigenvalue weighted by Gasteiger charge is -2.36. The molecule has 0 aliphatic heterocycles. The van der Waals surface area contributed by atoms with Crippen LogP contribution in [0.25, 0.3) is 0 Å². The van der Waals surface area contributed by atoms with E-state index in [-0.39, 0.29) is 17.2 Å². The third kappa shape index (κ3) is 6.05. The van der Waals surface area contributed by atoms with E-state index in [1.165, 1.54) is 11.3 Å². The van der Waals surface area contributed by atoms with E-state index in [1.54, 1.807) is 18.0 Å². The SMILES string of the molecule is CN(C(=O)OC(C)(C)C)C(c1ccc(S(=O)(=O)N[Si](C)(C)C(C)(C)C)s1)C1CC1. The first kappa shape index (κ1) is 24.4. The van der Waals surface area contributed by atoms with E-state index >= 15 is 0 Å². The van der Waals surface area contributed by atoms with Gasteiger partial charge in [-0.25, -0.2) is 17.6 Å². The summed E-state index contributed by atoms with van der Waals surface area (Å²) in [5.41, 5.74) is -0.573. The van der Waals surface area contributed by atoms with Gasteiger partial charge in [0.05, 0.1) is 6.04 Å². The summed E-state index contributed by atoms with van der Waals surface area (Å²) in [5, 5.41) is -0.104. The van der Waals surface area contributed by atoms with Crippen LogP contribution in [0, 0.1) is 5.92 Å². The molecule has 1 amide bonds. The van der Waals surface area contributed by atoms with Crippen LogP contribution in [-0.4, -0.2) is 40.3 Å². The van der Waals surface area contributed by atoms with Crippen LogP contribution in [0.1, 0.15) is 65.3 Å². The van der Waals surface area contributed by atoms with Gasteiger partial charge in [-0.3, -0.25) is 0 Å². The minimum Gasteiger partial charge on any atom is -0.444 e. The zero-order valence-electron chi connectivity index (χ0n) is 19.1. The summed E-state index contributed by atoms with van der Waals surface area (Å²) in [6, 6.07) is 3.34. The average molecular weight is 461 g/mol. The number of rotatable bonds is 6. The minimum absolute atomic E-state index is 0.104. The molecule has 9 heteroatoms. The number of carbonyl (C=O) groups is 1. The summed E-state index contributed by atoms with van der Waals surface area (Å²) in [5.74, 6) is 0.343. The Morgan fingerprint density at radius 2 is 1.76 bits per heavy atom. The topological polar surface area (TPSA) is 75.7 Å². The molecule has 1 aromatic rings.